The molecule has 0 unspecified atom stereocenters. The molecule has 1 aromatic carbocycles. The number of aryl methyl sites for hydroxylation is 1. The Kier molecular flexibility index (Phi) is 2.82. The lowest BCUT2D eigenvalue weighted by Crippen LogP contribution is -2.21. The van der Waals surface area contributed by atoms with E-state index in [2.05, 4.69) is 15.9 Å². The summed E-state index contributed by atoms with van der Waals surface area (Å²) in [6.45, 7) is 1.99. The lowest BCUT2D eigenvalue weighted by molar-refractivity contribution is 0.614. The molecule has 1 aromatic heterocycles. The Balaban J connectivity index is 2.25. The minimum absolute atomic E-state index is 0.116. The topological polar surface area (TPSA) is 52.9 Å². The largest absolute Gasteiger partial charge is 0.393 e. The van der Waals surface area contributed by atoms with E-state index in [4.69, 9.17) is 5.73 Å². The third-order valence-corrected chi connectivity index (χ3v) is 4.19. The molecule has 5 heteroatoms. The van der Waals surface area contributed by atoms with Crippen LogP contribution in [0.2, 0.25) is 0 Å². The molecule has 100 valence electrons. The van der Waals surface area contributed by atoms with Gasteiger partial charge in [0.1, 0.15) is 5.69 Å². The van der Waals surface area contributed by atoms with Crippen LogP contribution in [0.1, 0.15) is 30.0 Å². The highest BCUT2D eigenvalue weighted by Crippen LogP contribution is 2.42. The Morgan fingerprint density at radius 3 is 2.63 bits per heavy atom. The SMILES string of the molecule is Cc1cc(Br)ccc1-n1c(=O)c(N)c(C2CC2)n1C. The van der Waals surface area contributed by atoms with Crippen LogP contribution in [0, 0.1) is 6.92 Å². The molecule has 0 spiro atoms. The summed E-state index contributed by atoms with van der Waals surface area (Å²) in [6, 6.07) is 5.88. The van der Waals surface area contributed by atoms with Crippen LogP contribution in [0.25, 0.3) is 5.69 Å². The highest BCUT2D eigenvalue weighted by Gasteiger charge is 2.31. The van der Waals surface area contributed by atoms with Crippen molar-refractivity contribution in [3.63, 3.8) is 0 Å². The maximum Gasteiger partial charge on any atom is 0.294 e. The van der Waals surface area contributed by atoms with Crippen molar-refractivity contribution in [3.05, 3.63) is 44.3 Å². The van der Waals surface area contributed by atoms with E-state index >= 15 is 0 Å². The zero-order valence-electron chi connectivity index (χ0n) is 11.0. The van der Waals surface area contributed by atoms with Crippen LogP contribution in [0.3, 0.4) is 0 Å². The molecule has 2 N–H and O–H groups in total. The number of nitrogens with zero attached hydrogens (tertiary/aromatic N) is 2. The molecule has 1 saturated carbocycles. The Morgan fingerprint density at radius 2 is 2.05 bits per heavy atom. The number of anilines is 1. The summed E-state index contributed by atoms with van der Waals surface area (Å²) < 4.78 is 4.59. The molecule has 1 aliphatic rings. The molecule has 0 saturated heterocycles. The fourth-order valence-electron chi connectivity index (χ4n) is 2.61. The van der Waals surface area contributed by atoms with Gasteiger partial charge in [0.25, 0.3) is 5.56 Å². The maximum atomic E-state index is 12.4. The summed E-state index contributed by atoms with van der Waals surface area (Å²) in [6.07, 6.45) is 2.25. The number of aromatic nitrogens is 2. The summed E-state index contributed by atoms with van der Waals surface area (Å²) in [7, 11) is 1.91. The van der Waals surface area contributed by atoms with E-state index in [9.17, 15) is 4.79 Å². The average molecular weight is 322 g/mol. The van der Waals surface area contributed by atoms with Gasteiger partial charge in [-0.25, -0.2) is 4.68 Å². The van der Waals surface area contributed by atoms with Crippen molar-refractivity contribution in [2.75, 3.05) is 5.73 Å². The summed E-state index contributed by atoms with van der Waals surface area (Å²) >= 11 is 3.44. The normalized spacial score (nSPS) is 14.9. The second-order valence-electron chi connectivity index (χ2n) is 5.14. The summed E-state index contributed by atoms with van der Waals surface area (Å²) in [5, 5.41) is 0. The number of nitrogen functional groups attached to an aromatic ring is 1. The van der Waals surface area contributed by atoms with Gasteiger partial charge in [-0.05, 0) is 43.5 Å². The Bertz CT molecular complexity index is 710. The summed E-state index contributed by atoms with van der Waals surface area (Å²) in [5.41, 5.74) is 9.18. The van der Waals surface area contributed by atoms with Crippen molar-refractivity contribution < 1.29 is 0 Å². The number of benzene rings is 1. The van der Waals surface area contributed by atoms with E-state index in [1.165, 1.54) is 0 Å². The van der Waals surface area contributed by atoms with Crippen LogP contribution in [0.15, 0.2) is 27.5 Å². The second kappa shape index (κ2) is 4.27. The first-order valence-corrected chi connectivity index (χ1v) is 7.14. The van der Waals surface area contributed by atoms with Crippen LogP contribution >= 0.6 is 15.9 Å². The van der Waals surface area contributed by atoms with Gasteiger partial charge in [0.15, 0.2) is 0 Å². The Hall–Kier alpha value is -1.49. The number of halogens is 1. The van der Waals surface area contributed by atoms with Gasteiger partial charge >= 0.3 is 0 Å². The molecule has 1 aliphatic carbocycles. The first-order chi connectivity index (χ1) is 9.00. The zero-order valence-corrected chi connectivity index (χ0v) is 12.6. The summed E-state index contributed by atoms with van der Waals surface area (Å²) in [5.74, 6) is 0.453. The second-order valence-corrected chi connectivity index (χ2v) is 6.06. The van der Waals surface area contributed by atoms with E-state index in [1.807, 2.05) is 36.9 Å². The van der Waals surface area contributed by atoms with Crippen LogP contribution in [0.5, 0.6) is 0 Å². The minimum atomic E-state index is -0.116. The van der Waals surface area contributed by atoms with E-state index in [0.717, 1.165) is 34.3 Å². The van der Waals surface area contributed by atoms with Crippen molar-refractivity contribution in [3.8, 4) is 5.69 Å². The molecule has 2 aromatic rings. The van der Waals surface area contributed by atoms with E-state index in [1.54, 1.807) is 4.68 Å². The van der Waals surface area contributed by atoms with Gasteiger partial charge in [-0.15, -0.1) is 0 Å². The van der Waals surface area contributed by atoms with Crippen LogP contribution in [-0.4, -0.2) is 9.36 Å². The Morgan fingerprint density at radius 1 is 1.37 bits per heavy atom. The highest BCUT2D eigenvalue weighted by molar-refractivity contribution is 9.10. The van der Waals surface area contributed by atoms with Crippen molar-refractivity contribution >= 4 is 21.6 Å². The third kappa shape index (κ3) is 1.92. The predicted octanol–water partition coefficient (Wildman–Crippen LogP) is 2.71. The van der Waals surface area contributed by atoms with Gasteiger partial charge in [0.05, 0.1) is 11.4 Å². The molecule has 3 rings (SSSR count). The van der Waals surface area contributed by atoms with Crippen molar-refractivity contribution in [1.82, 2.24) is 9.36 Å². The van der Waals surface area contributed by atoms with Gasteiger partial charge < -0.3 is 5.73 Å². The van der Waals surface area contributed by atoms with Crippen LogP contribution in [-0.2, 0) is 7.05 Å². The van der Waals surface area contributed by atoms with Crippen molar-refractivity contribution in [2.24, 2.45) is 7.05 Å². The highest BCUT2D eigenvalue weighted by atomic mass is 79.9. The van der Waals surface area contributed by atoms with Gasteiger partial charge in [0.2, 0.25) is 0 Å². The monoisotopic (exact) mass is 321 g/mol. The molecular formula is C14H16BrN3O. The fourth-order valence-corrected chi connectivity index (χ4v) is 3.09. The molecule has 0 amide bonds. The lowest BCUT2D eigenvalue weighted by Gasteiger charge is -2.12. The first-order valence-electron chi connectivity index (χ1n) is 6.34. The van der Waals surface area contributed by atoms with Crippen LogP contribution in [0.4, 0.5) is 5.69 Å². The fraction of sp³-hybridized carbons (Fsp3) is 0.357. The van der Waals surface area contributed by atoms with Gasteiger partial charge in [-0.1, -0.05) is 15.9 Å². The molecule has 1 fully saturated rings. The number of nitrogens with two attached hydrogens (primary N) is 1. The smallest absolute Gasteiger partial charge is 0.294 e. The number of hydrogen-bond acceptors (Lipinski definition) is 2. The third-order valence-electron chi connectivity index (χ3n) is 3.70. The van der Waals surface area contributed by atoms with Crippen molar-refractivity contribution in [1.29, 1.82) is 0 Å². The van der Waals surface area contributed by atoms with Gasteiger partial charge in [-0.3, -0.25) is 9.48 Å². The van der Waals surface area contributed by atoms with Gasteiger partial charge in [-0.2, -0.15) is 0 Å². The predicted molar refractivity (Wildman–Crippen MR) is 79.8 cm³/mol. The maximum absolute atomic E-state index is 12.4. The minimum Gasteiger partial charge on any atom is -0.393 e. The van der Waals surface area contributed by atoms with E-state index in [-0.39, 0.29) is 5.56 Å². The standard InChI is InChI=1S/C14H16BrN3O/c1-8-7-10(15)5-6-11(8)18-14(19)12(16)13(17(18)2)9-3-4-9/h5-7,9H,3-4,16H2,1-2H3. The lowest BCUT2D eigenvalue weighted by atomic mass is 10.2. The van der Waals surface area contributed by atoms with E-state index in [0.29, 0.717) is 11.6 Å². The average Bonchev–Trinajstić information content (AvgIpc) is 3.13. The molecule has 0 aliphatic heterocycles. The first kappa shape index (κ1) is 12.5. The molecule has 1 heterocycles. The number of rotatable bonds is 2. The molecule has 0 bridgehead atoms. The van der Waals surface area contributed by atoms with Crippen molar-refractivity contribution in [2.45, 2.75) is 25.7 Å². The Labute approximate surface area is 119 Å². The molecular weight excluding hydrogens is 306 g/mol. The molecule has 19 heavy (non-hydrogen) atoms. The molecule has 0 atom stereocenters. The molecule has 4 nitrogen and oxygen atoms in total. The van der Waals surface area contributed by atoms with Gasteiger partial charge in [0, 0.05) is 17.4 Å². The summed E-state index contributed by atoms with van der Waals surface area (Å²) in [4.78, 5) is 12.4. The van der Waals surface area contributed by atoms with E-state index < -0.39 is 0 Å². The number of hydrogen-bond donors (Lipinski definition) is 1. The quantitative estimate of drug-likeness (QED) is 0.924. The zero-order chi connectivity index (χ0) is 13.7. The van der Waals surface area contributed by atoms with Crippen LogP contribution < -0.4 is 11.3 Å². The molecule has 0 radical (unpaired) electrons.